The van der Waals surface area contributed by atoms with Crippen molar-refractivity contribution < 1.29 is 33.7 Å². The zero-order chi connectivity index (χ0) is 38.8. The van der Waals surface area contributed by atoms with Gasteiger partial charge < -0.3 is 14.6 Å². The molecule has 10 nitrogen and oxygen atoms in total. The second-order valence-corrected chi connectivity index (χ2v) is 9.78. The molecule has 3 aromatic rings. The molecule has 0 radical (unpaired) electrons. The van der Waals surface area contributed by atoms with E-state index in [1.807, 2.05) is 0 Å². The third kappa shape index (κ3) is 5.47. The van der Waals surface area contributed by atoms with Crippen LogP contribution in [0, 0.1) is 0 Å². The maximum Gasteiger partial charge on any atom is 0.277 e. The second kappa shape index (κ2) is 11.1. The molecule has 2 aromatic heterocycles. The number of benzene rings is 1. The molecule has 0 aliphatic carbocycles. The van der Waals surface area contributed by atoms with Gasteiger partial charge >= 0.3 is 0 Å². The fourth-order valence-corrected chi connectivity index (χ4v) is 4.77. The third-order valence-electron chi connectivity index (χ3n) is 5.54. The number of nitrogens with one attached hydrogen (secondary N) is 2. The molecule has 1 atom stereocenters. The first-order valence-electron chi connectivity index (χ1n) is 18.7. The average molecular weight is 532 g/mol. The fraction of sp³-hybridized carbons (Fsp3) is 0.560. The van der Waals surface area contributed by atoms with Gasteiger partial charge in [-0.3, -0.25) is 9.48 Å². The quantitative estimate of drug-likeness (QED) is 0.390. The number of ether oxygens (including phenoxy) is 1. The molecule has 1 aromatic carbocycles. The van der Waals surface area contributed by atoms with Crippen molar-refractivity contribution in [2.75, 3.05) is 26.7 Å². The molecule has 1 saturated heterocycles. The first-order valence-corrected chi connectivity index (χ1v) is 12.6. The van der Waals surface area contributed by atoms with Crippen molar-refractivity contribution in [3.8, 4) is 17.1 Å². The molecule has 196 valence electrons. The smallest absolute Gasteiger partial charge is 0.277 e. The van der Waals surface area contributed by atoms with Gasteiger partial charge in [-0.1, -0.05) is 20.1 Å². The normalized spacial score (nSPS) is 25.1. The highest BCUT2D eigenvalue weighted by molar-refractivity contribution is 7.89. The van der Waals surface area contributed by atoms with Crippen LogP contribution in [0.4, 0.5) is 0 Å². The molecule has 0 amide bonds. The van der Waals surface area contributed by atoms with Crippen LogP contribution in [0.3, 0.4) is 0 Å². The minimum absolute atomic E-state index is 0.0569. The molecule has 1 unspecified atom stereocenters. The molecule has 1 aliphatic heterocycles. The lowest BCUT2D eigenvalue weighted by Crippen LogP contribution is -2.31. The lowest BCUT2D eigenvalue weighted by Gasteiger charge is -2.19. The van der Waals surface area contributed by atoms with Crippen molar-refractivity contribution in [1.82, 2.24) is 29.4 Å². The van der Waals surface area contributed by atoms with Crippen molar-refractivity contribution >= 4 is 21.1 Å². The van der Waals surface area contributed by atoms with Gasteiger partial charge in [-0.15, -0.1) is 0 Å². The number of sulfonamides is 1. The molecule has 36 heavy (non-hydrogen) atoms. The van der Waals surface area contributed by atoms with Crippen LogP contribution in [-0.4, -0.2) is 65.8 Å². The van der Waals surface area contributed by atoms with Crippen LogP contribution in [0.2, 0.25) is 0 Å². The molecule has 0 saturated carbocycles. The summed E-state index contributed by atoms with van der Waals surface area (Å²) in [4.78, 5) is 20.5. The maximum absolute atomic E-state index is 13.5. The third-order valence-corrected chi connectivity index (χ3v) is 6.94. The van der Waals surface area contributed by atoms with E-state index in [-0.39, 0.29) is 35.6 Å². The van der Waals surface area contributed by atoms with E-state index in [0.29, 0.717) is 12.8 Å². The highest BCUT2D eigenvalue weighted by Gasteiger charge is 2.23. The number of rotatable bonds is 11. The van der Waals surface area contributed by atoms with Gasteiger partial charge in [0.05, 0.1) is 22.8 Å². The van der Waals surface area contributed by atoms with E-state index in [2.05, 4.69) is 19.8 Å². The molecule has 3 heterocycles. The van der Waals surface area contributed by atoms with E-state index in [1.165, 1.54) is 6.07 Å². The Bertz CT molecular complexity index is 1940. The topological polar surface area (TPSA) is 122 Å². The number of hydrogen-bond donors (Lipinski definition) is 2. The van der Waals surface area contributed by atoms with Crippen LogP contribution in [0.15, 0.2) is 27.9 Å². The Morgan fingerprint density at radius 2 is 2.25 bits per heavy atom. The molecule has 1 aliphatic rings. The Labute approximate surface area is 233 Å². The zero-order valence-electron chi connectivity index (χ0n) is 34.4. The molecular formula is C25H36N6O4S. The number of aryl methyl sites for hydroxylation is 2. The summed E-state index contributed by atoms with van der Waals surface area (Å²) in [6.07, 6.45) is -8.52. The summed E-state index contributed by atoms with van der Waals surface area (Å²) in [7, 11) is -4.57. The Kier molecular flexibility index (Phi) is 4.06. The maximum atomic E-state index is 13.5. The summed E-state index contributed by atoms with van der Waals surface area (Å²) in [5.74, 6) is -0.569. The Balaban J connectivity index is 1.87. The molecule has 2 N–H and O–H groups in total. The van der Waals surface area contributed by atoms with Gasteiger partial charge in [0.25, 0.3) is 5.56 Å². The number of nitrogens with zero attached hydrogens (tertiary/aromatic N) is 4. The lowest BCUT2D eigenvalue weighted by molar-refractivity contribution is 0.297. The molecular weight excluding hydrogens is 480 g/mol. The second-order valence-electron chi connectivity index (χ2n) is 8.01. The van der Waals surface area contributed by atoms with Crippen molar-refractivity contribution in [1.29, 1.82) is 0 Å². The van der Waals surface area contributed by atoms with Gasteiger partial charge in [-0.05, 0) is 63.7 Å². The van der Waals surface area contributed by atoms with Gasteiger partial charge in [0.2, 0.25) is 10.0 Å². The molecule has 4 rings (SSSR count). The SMILES string of the molecule is [2H]C([2H])(CNS(=O)(=O)c1ccc(OCCC)c(-c2nc3c(C([2H])([2H])C([2H])([2H])C([2H])([2H])[2H])nn(C([2H])([2H])[2H])c3c(=O)[nH]2)c1)C1CCCN1C([2H])([2H])[2H]. The lowest BCUT2D eigenvalue weighted by atomic mass is 10.1. The number of aromatic nitrogens is 4. The molecule has 0 spiro atoms. The van der Waals surface area contributed by atoms with E-state index < -0.39 is 95.5 Å². The zero-order valence-corrected chi connectivity index (χ0v) is 20.2. The van der Waals surface area contributed by atoms with Crippen LogP contribution < -0.4 is 15.0 Å². The number of hydrogen-bond acceptors (Lipinski definition) is 7. The van der Waals surface area contributed by atoms with Gasteiger partial charge in [0, 0.05) is 40.1 Å². The van der Waals surface area contributed by atoms with E-state index in [0.717, 1.165) is 17.0 Å². The van der Waals surface area contributed by atoms with Gasteiger partial charge in [0.1, 0.15) is 17.1 Å². The van der Waals surface area contributed by atoms with Gasteiger partial charge in [0.15, 0.2) is 5.52 Å². The number of fused-ring (bicyclic) bond motifs is 1. The Hall–Kier alpha value is -2.76. The molecule has 0 bridgehead atoms. The first-order chi connectivity index (χ1) is 23.1. The highest BCUT2D eigenvalue weighted by Crippen LogP contribution is 2.31. The largest absolute Gasteiger partial charge is 0.493 e. The van der Waals surface area contributed by atoms with E-state index >= 15 is 0 Å². The van der Waals surface area contributed by atoms with Crippen molar-refractivity contribution in [2.45, 2.75) is 63.1 Å². The van der Waals surface area contributed by atoms with Gasteiger partial charge in [-0.25, -0.2) is 18.1 Å². The summed E-state index contributed by atoms with van der Waals surface area (Å²) >= 11 is 0. The summed E-state index contributed by atoms with van der Waals surface area (Å²) in [6, 6.07) is 2.18. The fourth-order valence-electron chi connectivity index (χ4n) is 3.81. The van der Waals surface area contributed by atoms with Gasteiger partial charge in [-0.2, -0.15) is 5.10 Å². The minimum Gasteiger partial charge on any atom is -0.493 e. The Morgan fingerprint density at radius 1 is 1.36 bits per heavy atom. The van der Waals surface area contributed by atoms with Crippen molar-refractivity contribution in [3.05, 3.63) is 34.2 Å². The van der Waals surface area contributed by atoms with E-state index in [9.17, 15) is 13.2 Å². The monoisotopic (exact) mass is 531 g/mol. The highest BCUT2D eigenvalue weighted by atomic mass is 32.2. The standard InChI is InChI=1S/C25H36N6O4S/c1-5-8-20-22-23(31(4)29-20)25(32)28-24(27-22)19-16-18(10-11-21(19)35-15-6-2)36(33,34)26-13-12-17-9-7-14-30(17)3/h10-11,16-17,26H,5-9,12-15H2,1-4H3,(H,27,28,32)/i1D3,3D3,4D3,5D2,8D2,12D2. The van der Waals surface area contributed by atoms with Crippen LogP contribution >= 0.6 is 0 Å². The van der Waals surface area contributed by atoms with E-state index in [1.54, 1.807) is 6.92 Å². The predicted molar refractivity (Wildman–Crippen MR) is 140 cm³/mol. The first kappa shape index (κ1) is 13.2. The molecule has 11 heteroatoms. The number of H-pyrrole nitrogens is 1. The van der Waals surface area contributed by atoms with Crippen molar-refractivity contribution in [3.63, 3.8) is 0 Å². The minimum atomic E-state index is -4.57. The number of aromatic amines is 1. The van der Waals surface area contributed by atoms with Crippen LogP contribution in [0.1, 0.15) is 72.0 Å². The van der Waals surface area contributed by atoms with Crippen LogP contribution in [0.25, 0.3) is 22.4 Å². The van der Waals surface area contributed by atoms with E-state index in [4.69, 9.17) is 25.3 Å². The Morgan fingerprint density at radius 3 is 3.03 bits per heavy atom. The average Bonchev–Trinajstić information content (AvgIpc) is 3.66. The molecule has 1 fully saturated rings. The number of likely N-dealkylation sites (tertiary alicyclic amines) is 1. The van der Waals surface area contributed by atoms with Crippen LogP contribution in [0.5, 0.6) is 5.75 Å². The summed E-state index contributed by atoms with van der Waals surface area (Å²) in [6.45, 7) is -8.31. The van der Waals surface area contributed by atoms with Crippen LogP contribution in [-0.2, 0) is 23.4 Å². The summed E-state index contributed by atoms with van der Waals surface area (Å²) in [5, 5.41) is 3.63. The summed E-state index contributed by atoms with van der Waals surface area (Å²) in [5.41, 5.74) is -4.25. The summed E-state index contributed by atoms with van der Waals surface area (Å²) < 4.78 is 155. The van der Waals surface area contributed by atoms with Crippen molar-refractivity contribution in [2.24, 2.45) is 6.98 Å². The predicted octanol–water partition coefficient (Wildman–Crippen LogP) is 2.83.